The van der Waals surface area contributed by atoms with Crippen LogP contribution in [0, 0.1) is 6.92 Å². The molecule has 2 amide bonds. The van der Waals surface area contributed by atoms with E-state index in [2.05, 4.69) is 11.4 Å². The second-order valence-electron chi connectivity index (χ2n) is 9.53. The molecule has 1 aliphatic heterocycles. The van der Waals surface area contributed by atoms with Crippen LogP contribution < -0.4 is 10.2 Å². The number of carbonyl (C=O) groups excluding carboxylic acids is 2. The Morgan fingerprint density at radius 3 is 1.89 bits per heavy atom. The van der Waals surface area contributed by atoms with Crippen molar-refractivity contribution in [2.75, 3.05) is 10.2 Å². The van der Waals surface area contributed by atoms with Gasteiger partial charge in [0.25, 0.3) is 11.8 Å². The SMILES string of the molecule is Cc1ccc2c(c1)C(=O)Nc1c(cc(-c3ccccc3)cc1-c1ccccc1)C(=O)N2Cc1ccccc1. The van der Waals surface area contributed by atoms with E-state index in [0.717, 1.165) is 33.4 Å². The summed E-state index contributed by atoms with van der Waals surface area (Å²) in [5, 5.41) is 3.12. The lowest BCUT2D eigenvalue weighted by Gasteiger charge is -2.30. The lowest BCUT2D eigenvalue weighted by Crippen LogP contribution is -2.35. The van der Waals surface area contributed by atoms with Crippen LogP contribution in [0.25, 0.3) is 22.3 Å². The van der Waals surface area contributed by atoms with E-state index in [-0.39, 0.29) is 11.8 Å². The Morgan fingerprint density at radius 2 is 1.21 bits per heavy atom. The first-order valence-corrected chi connectivity index (χ1v) is 12.7. The molecule has 5 aromatic carbocycles. The summed E-state index contributed by atoms with van der Waals surface area (Å²) in [4.78, 5) is 30.0. The molecule has 0 radical (unpaired) electrons. The van der Waals surface area contributed by atoms with E-state index < -0.39 is 0 Å². The van der Waals surface area contributed by atoms with Crippen LogP contribution in [0.1, 0.15) is 31.8 Å². The molecule has 5 aromatic rings. The molecule has 1 N–H and O–H groups in total. The van der Waals surface area contributed by atoms with Crippen molar-refractivity contribution in [3.8, 4) is 22.3 Å². The van der Waals surface area contributed by atoms with Crippen molar-refractivity contribution in [1.29, 1.82) is 0 Å². The zero-order valence-corrected chi connectivity index (χ0v) is 21.0. The Kier molecular flexibility index (Phi) is 6.06. The van der Waals surface area contributed by atoms with E-state index in [9.17, 15) is 9.59 Å². The summed E-state index contributed by atoms with van der Waals surface area (Å²) in [5.41, 5.74) is 7.64. The van der Waals surface area contributed by atoms with Crippen molar-refractivity contribution in [2.45, 2.75) is 13.5 Å². The molecule has 1 heterocycles. The molecular weight excluding hydrogens is 468 g/mol. The number of hydrogen-bond donors (Lipinski definition) is 1. The van der Waals surface area contributed by atoms with Gasteiger partial charge in [-0.2, -0.15) is 0 Å². The van der Waals surface area contributed by atoms with Gasteiger partial charge in [-0.15, -0.1) is 0 Å². The Labute approximate surface area is 222 Å². The summed E-state index contributed by atoms with van der Waals surface area (Å²) >= 11 is 0. The zero-order valence-electron chi connectivity index (χ0n) is 21.0. The number of amides is 2. The highest BCUT2D eigenvalue weighted by Gasteiger charge is 2.31. The van der Waals surface area contributed by atoms with Crippen LogP contribution in [-0.4, -0.2) is 11.8 Å². The summed E-state index contributed by atoms with van der Waals surface area (Å²) in [6.45, 7) is 2.30. The second-order valence-corrected chi connectivity index (χ2v) is 9.53. The first kappa shape index (κ1) is 23.4. The van der Waals surface area contributed by atoms with Crippen molar-refractivity contribution in [1.82, 2.24) is 0 Å². The number of carbonyl (C=O) groups is 2. The third kappa shape index (κ3) is 4.37. The number of benzene rings is 5. The molecule has 38 heavy (non-hydrogen) atoms. The molecule has 1 aliphatic rings. The predicted octanol–water partition coefficient (Wildman–Crippen LogP) is 7.74. The van der Waals surface area contributed by atoms with Crippen LogP contribution in [0.3, 0.4) is 0 Å². The van der Waals surface area contributed by atoms with Crippen molar-refractivity contribution in [3.05, 3.63) is 144 Å². The van der Waals surface area contributed by atoms with Gasteiger partial charge < -0.3 is 10.2 Å². The molecule has 0 saturated carbocycles. The largest absolute Gasteiger partial charge is 0.321 e. The minimum absolute atomic E-state index is 0.163. The van der Waals surface area contributed by atoms with Gasteiger partial charge in [0.15, 0.2) is 0 Å². The smallest absolute Gasteiger partial charge is 0.260 e. The van der Waals surface area contributed by atoms with Crippen molar-refractivity contribution < 1.29 is 9.59 Å². The number of fused-ring (bicyclic) bond motifs is 2. The van der Waals surface area contributed by atoms with E-state index in [0.29, 0.717) is 29.0 Å². The maximum absolute atomic E-state index is 14.5. The van der Waals surface area contributed by atoms with Gasteiger partial charge in [-0.3, -0.25) is 9.59 Å². The van der Waals surface area contributed by atoms with E-state index in [1.165, 1.54) is 0 Å². The highest BCUT2D eigenvalue weighted by molar-refractivity contribution is 6.21. The molecule has 0 atom stereocenters. The second kappa shape index (κ2) is 9.83. The number of nitrogens with zero attached hydrogens (tertiary/aromatic N) is 1. The minimum atomic E-state index is -0.236. The zero-order chi connectivity index (χ0) is 26.1. The topological polar surface area (TPSA) is 49.4 Å². The summed E-state index contributed by atoms with van der Waals surface area (Å²) < 4.78 is 0. The fourth-order valence-corrected chi connectivity index (χ4v) is 5.01. The average Bonchev–Trinajstić information content (AvgIpc) is 2.96. The molecule has 4 nitrogen and oxygen atoms in total. The van der Waals surface area contributed by atoms with E-state index >= 15 is 0 Å². The monoisotopic (exact) mass is 494 g/mol. The highest BCUT2D eigenvalue weighted by atomic mass is 16.2. The number of aryl methyl sites for hydroxylation is 1. The first-order valence-electron chi connectivity index (χ1n) is 12.7. The molecule has 0 bridgehead atoms. The van der Waals surface area contributed by atoms with Crippen LogP contribution in [0.5, 0.6) is 0 Å². The molecule has 0 unspecified atom stereocenters. The lowest BCUT2D eigenvalue weighted by molar-refractivity contribution is 0.0983. The molecule has 4 heteroatoms. The number of anilines is 2. The Bertz CT molecular complexity index is 1650. The fourth-order valence-electron chi connectivity index (χ4n) is 5.01. The van der Waals surface area contributed by atoms with Gasteiger partial charge in [-0.1, -0.05) is 103 Å². The van der Waals surface area contributed by atoms with Crippen LogP contribution >= 0.6 is 0 Å². The van der Waals surface area contributed by atoms with E-state index in [4.69, 9.17) is 0 Å². The normalized spacial score (nSPS) is 12.7. The van der Waals surface area contributed by atoms with Gasteiger partial charge in [-0.05, 0) is 53.4 Å². The number of hydrogen-bond acceptors (Lipinski definition) is 2. The van der Waals surface area contributed by atoms with E-state index in [1.807, 2.05) is 122 Å². The third-order valence-corrected chi connectivity index (χ3v) is 6.92. The summed E-state index contributed by atoms with van der Waals surface area (Å²) in [5.74, 6) is -0.399. The maximum atomic E-state index is 14.5. The van der Waals surface area contributed by atoms with Gasteiger partial charge in [0, 0.05) is 5.56 Å². The molecule has 0 fully saturated rings. The summed E-state index contributed by atoms with van der Waals surface area (Å²) in [7, 11) is 0. The number of rotatable bonds is 4. The predicted molar refractivity (Wildman–Crippen MR) is 153 cm³/mol. The summed E-state index contributed by atoms with van der Waals surface area (Å²) in [6.07, 6.45) is 0. The van der Waals surface area contributed by atoms with Crippen LogP contribution in [0.15, 0.2) is 121 Å². The standard InChI is InChI=1S/C34H26N2O2/c1-23-17-18-31-29(19-23)33(37)35-32-28(26-15-9-4-10-16-26)20-27(25-13-7-3-8-14-25)21-30(32)34(38)36(31)22-24-11-5-2-6-12-24/h2-21H,22H2,1H3,(H,35,37). The van der Waals surface area contributed by atoms with Gasteiger partial charge in [-0.25, -0.2) is 0 Å². The van der Waals surface area contributed by atoms with Crippen LogP contribution in [-0.2, 0) is 6.54 Å². The molecule has 184 valence electrons. The third-order valence-electron chi connectivity index (χ3n) is 6.92. The highest BCUT2D eigenvalue weighted by Crippen LogP contribution is 2.40. The molecule has 6 rings (SSSR count). The Hall–Kier alpha value is -4.96. The van der Waals surface area contributed by atoms with Crippen LogP contribution in [0.4, 0.5) is 11.4 Å². The Balaban J connectivity index is 1.61. The fraction of sp³-hybridized carbons (Fsp3) is 0.0588. The first-order chi connectivity index (χ1) is 18.6. The Morgan fingerprint density at radius 1 is 0.605 bits per heavy atom. The van der Waals surface area contributed by atoms with Gasteiger partial charge in [0.05, 0.1) is 29.0 Å². The molecular formula is C34H26N2O2. The van der Waals surface area contributed by atoms with Gasteiger partial charge >= 0.3 is 0 Å². The minimum Gasteiger partial charge on any atom is -0.321 e. The van der Waals surface area contributed by atoms with Gasteiger partial charge in [0.1, 0.15) is 0 Å². The molecule has 0 saturated heterocycles. The number of nitrogens with one attached hydrogen (secondary N) is 1. The van der Waals surface area contributed by atoms with Crippen molar-refractivity contribution in [3.63, 3.8) is 0 Å². The maximum Gasteiger partial charge on any atom is 0.260 e. The van der Waals surface area contributed by atoms with E-state index in [1.54, 1.807) is 4.90 Å². The molecule has 0 aliphatic carbocycles. The quantitative estimate of drug-likeness (QED) is 0.278. The lowest BCUT2D eigenvalue weighted by atomic mass is 9.92. The average molecular weight is 495 g/mol. The van der Waals surface area contributed by atoms with Crippen LogP contribution in [0.2, 0.25) is 0 Å². The van der Waals surface area contributed by atoms with Crippen molar-refractivity contribution in [2.24, 2.45) is 0 Å². The summed E-state index contributed by atoms with van der Waals surface area (Å²) in [6, 6.07) is 39.4. The van der Waals surface area contributed by atoms with Gasteiger partial charge in [0.2, 0.25) is 0 Å². The molecule has 0 spiro atoms. The van der Waals surface area contributed by atoms with Crippen molar-refractivity contribution >= 4 is 23.2 Å². The molecule has 0 aromatic heterocycles.